The van der Waals surface area contributed by atoms with E-state index in [-0.39, 0.29) is 0 Å². The molecular weight excluding hydrogens is 172 g/mol. The van der Waals surface area contributed by atoms with Gasteiger partial charge in [-0.1, -0.05) is 25.7 Å². The monoisotopic (exact) mass is 196 g/mol. The van der Waals surface area contributed by atoms with E-state index in [0.29, 0.717) is 12.1 Å². The minimum Gasteiger partial charge on any atom is -0.326 e. The molecule has 0 aromatic carbocycles. The molecule has 2 unspecified atom stereocenters. The van der Waals surface area contributed by atoms with Crippen molar-refractivity contribution in [2.45, 2.75) is 69.5 Å². The van der Waals surface area contributed by atoms with Gasteiger partial charge in [0.25, 0.3) is 0 Å². The highest BCUT2D eigenvalue weighted by Crippen LogP contribution is 2.28. The minimum absolute atomic E-state index is 0.446. The van der Waals surface area contributed by atoms with Gasteiger partial charge in [0.2, 0.25) is 0 Å². The zero-order valence-corrected chi connectivity index (χ0v) is 9.41. The number of nitrogens with zero attached hydrogens (tertiary/aromatic N) is 1. The molecular formula is C12H24N2. The second-order valence-corrected chi connectivity index (χ2v) is 5.12. The van der Waals surface area contributed by atoms with Crippen molar-refractivity contribution in [3.8, 4) is 0 Å². The molecule has 2 aliphatic rings. The summed E-state index contributed by atoms with van der Waals surface area (Å²) in [5.74, 6) is 0. The molecule has 0 aromatic heterocycles. The summed E-state index contributed by atoms with van der Waals surface area (Å²) in [7, 11) is 2.30. The lowest BCUT2D eigenvalue weighted by molar-refractivity contribution is 0.130. The van der Waals surface area contributed by atoms with Gasteiger partial charge in [0.15, 0.2) is 0 Å². The van der Waals surface area contributed by atoms with E-state index < -0.39 is 0 Å². The summed E-state index contributed by atoms with van der Waals surface area (Å²) in [6, 6.07) is 1.96. The fourth-order valence-corrected chi connectivity index (χ4v) is 3.23. The number of hydrogen-bond acceptors (Lipinski definition) is 2. The maximum atomic E-state index is 6.14. The van der Waals surface area contributed by atoms with Gasteiger partial charge in [-0.25, -0.2) is 0 Å². The first-order chi connectivity index (χ1) is 6.79. The van der Waals surface area contributed by atoms with E-state index in [0.717, 1.165) is 6.04 Å². The van der Waals surface area contributed by atoms with E-state index in [1.807, 2.05) is 0 Å². The first-order valence-corrected chi connectivity index (χ1v) is 6.26. The largest absolute Gasteiger partial charge is 0.326 e. The molecule has 2 aliphatic carbocycles. The van der Waals surface area contributed by atoms with Crippen LogP contribution >= 0.6 is 0 Å². The predicted molar refractivity (Wildman–Crippen MR) is 60.3 cm³/mol. The van der Waals surface area contributed by atoms with Crippen LogP contribution in [-0.2, 0) is 0 Å². The van der Waals surface area contributed by atoms with Gasteiger partial charge in [-0.2, -0.15) is 0 Å². The summed E-state index contributed by atoms with van der Waals surface area (Å²) in [5.41, 5.74) is 6.14. The molecule has 0 bridgehead atoms. The number of hydrogen-bond donors (Lipinski definition) is 1. The van der Waals surface area contributed by atoms with Crippen LogP contribution in [0.4, 0.5) is 0 Å². The molecule has 14 heavy (non-hydrogen) atoms. The van der Waals surface area contributed by atoms with Crippen LogP contribution in [0, 0.1) is 0 Å². The van der Waals surface area contributed by atoms with Crippen molar-refractivity contribution < 1.29 is 0 Å². The highest BCUT2D eigenvalue weighted by molar-refractivity contribution is 4.90. The van der Waals surface area contributed by atoms with Gasteiger partial charge < -0.3 is 5.73 Å². The summed E-state index contributed by atoms with van der Waals surface area (Å²) in [4.78, 5) is 2.59. The number of likely N-dealkylation sites (N-methyl/N-ethyl adjacent to an activating group) is 1. The molecule has 0 radical (unpaired) electrons. The smallest absolute Gasteiger partial charge is 0.0247 e. The maximum absolute atomic E-state index is 6.14. The summed E-state index contributed by atoms with van der Waals surface area (Å²) < 4.78 is 0. The molecule has 2 nitrogen and oxygen atoms in total. The van der Waals surface area contributed by atoms with Crippen LogP contribution < -0.4 is 5.73 Å². The van der Waals surface area contributed by atoms with E-state index in [2.05, 4.69) is 11.9 Å². The van der Waals surface area contributed by atoms with Gasteiger partial charge in [-0.05, 0) is 32.7 Å². The third-order valence-electron chi connectivity index (χ3n) is 4.21. The first-order valence-electron chi connectivity index (χ1n) is 6.26. The molecule has 2 heteroatoms. The van der Waals surface area contributed by atoms with Crippen LogP contribution in [0.1, 0.15) is 51.4 Å². The quantitative estimate of drug-likeness (QED) is 0.733. The Morgan fingerprint density at radius 1 is 0.929 bits per heavy atom. The average molecular weight is 196 g/mol. The Morgan fingerprint density at radius 3 is 2.21 bits per heavy atom. The fraction of sp³-hybridized carbons (Fsp3) is 1.00. The highest BCUT2D eigenvalue weighted by atomic mass is 15.2. The van der Waals surface area contributed by atoms with E-state index in [1.165, 1.54) is 51.4 Å². The molecule has 0 spiro atoms. The first kappa shape index (κ1) is 10.4. The van der Waals surface area contributed by atoms with Crippen LogP contribution in [0.15, 0.2) is 0 Å². The Hall–Kier alpha value is -0.0800. The van der Waals surface area contributed by atoms with E-state index in [1.54, 1.807) is 0 Å². The van der Waals surface area contributed by atoms with Crippen LogP contribution in [0.2, 0.25) is 0 Å². The van der Waals surface area contributed by atoms with Gasteiger partial charge in [0, 0.05) is 18.1 Å². The zero-order chi connectivity index (χ0) is 9.97. The van der Waals surface area contributed by atoms with E-state index >= 15 is 0 Å². The van der Waals surface area contributed by atoms with Crippen molar-refractivity contribution in [3.63, 3.8) is 0 Å². The Morgan fingerprint density at radius 2 is 1.64 bits per heavy atom. The normalized spacial score (nSPS) is 35.4. The third kappa shape index (κ3) is 2.12. The van der Waals surface area contributed by atoms with Gasteiger partial charge in [0.05, 0.1) is 0 Å². The summed E-state index contributed by atoms with van der Waals surface area (Å²) in [6.07, 6.45) is 11.0. The van der Waals surface area contributed by atoms with Gasteiger partial charge in [-0.15, -0.1) is 0 Å². The van der Waals surface area contributed by atoms with Crippen molar-refractivity contribution in [2.24, 2.45) is 5.73 Å². The van der Waals surface area contributed by atoms with Gasteiger partial charge in [-0.3, -0.25) is 4.90 Å². The lowest BCUT2D eigenvalue weighted by Gasteiger charge is -2.37. The summed E-state index contributed by atoms with van der Waals surface area (Å²) in [5, 5.41) is 0. The Bertz CT molecular complexity index is 175. The molecule has 0 aliphatic heterocycles. The van der Waals surface area contributed by atoms with Crippen LogP contribution in [-0.4, -0.2) is 30.1 Å². The van der Waals surface area contributed by atoms with Crippen LogP contribution in [0.3, 0.4) is 0 Å². The molecule has 82 valence electrons. The summed E-state index contributed by atoms with van der Waals surface area (Å²) in [6.45, 7) is 0. The molecule has 2 rings (SSSR count). The summed E-state index contributed by atoms with van der Waals surface area (Å²) >= 11 is 0. The van der Waals surface area contributed by atoms with Crippen LogP contribution in [0.5, 0.6) is 0 Å². The van der Waals surface area contributed by atoms with Crippen LogP contribution in [0.25, 0.3) is 0 Å². The van der Waals surface area contributed by atoms with Crippen molar-refractivity contribution in [1.82, 2.24) is 4.90 Å². The SMILES string of the molecule is CN(C1CCCCC1)C1CCCC1N. The maximum Gasteiger partial charge on any atom is 0.0247 e. The van der Waals surface area contributed by atoms with E-state index in [4.69, 9.17) is 5.73 Å². The average Bonchev–Trinajstić information content (AvgIpc) is 2.65. The number of nitrogens with two attached hydrogens (primary N) is 1. The Kier molecular flexibility index (Phi) is 3.45. The predicted octanol–water partition coefficient (Wildman–Crippen LogP) is 2.13. The molecule has 2 atom stereocenters. The number of rotatable bonds is 2. The molecule has 2 fully saturated rings. The van der Waals surface area contributed by atoms with Crippen molar-refractivity contribution in [1.29, 1.82) is 0 Å². The zero-order valence-electron chi connectivity index (χ0n) is 9.41. The Labute approximate surface area is 87.8 Å². The molecule has 2 N–H and O–H groups in total. The van der Waals surface area contributed by atoms with Crippen molar-refractivity contribution in [2.75, 3.05) is 7.05 Å². The van der Waals surface area contributed by atoms with Crippen molar-refractivity contribution in [3.05, 3.63) is 0 Å². The molecule has 0 amide bonds. The lowest BCUT2D eigenvalue weighted by atomic mass is 9.93. The molecule has 0 heterocycles. The third-order valence-corrected chi connectivity index (χ3v) is 4.21. The second-order valence-electron chi connectivity index (χ2n) is 5.12. The topological polar surface area (TPSA) is 29.3 Å². The molecule has 0 saturated heterocycles. The molecule has 2 saturated carbocycles. The fourth-order valence-electron chi connectivity index (χ4n) is 3.23. The second kappa shape index (κ2) is 4.63. The highest BCUT2D eigenvalue weighted by Gasteiger charge is 2.31. The standard InChI is InChI=1S/C12H24N2/c1-14(10-6-3-2-4-7-10)12-9-5-8-11(12)13/h10-12H,2-9,13H2,1H3. The molecule has 0 aromatic rings. The Balaban J connectivity index is 1.89. The van der Waals surface area contributed by atoms with Gasteiger partial charge >= 0.3 is 0 Å². The minimum atomic E-state index is 0.446. The van der Waals surface area contributed by atoms with Crippen molar-refractivity contribution >= 4 is 0 Å². The van der Waals surface area contributed by atoms with E-state index in [9.17, 15) is 0 Å². The lowest BCUT2D eigenvalue weighted by Crippen LogP contribution is -2.47. The van der Waals surface area contributed by atoms with Gasteiger partial charge in [0.1, 0.15) is 0 Å².